The number of methoxy groups -OCH3 is 1. The molecule has 0 bridgehead atoms. The van der Waals surface area contributed by atoms with Crippen LogP contribution >= 0.6 is 0 Å². The summed E-state index contributed by atoms with van der Waals surface area (Å²) in [4.78, 5) is 13.0. The van der Waals surface area contributed by atoms with Crippen LogP contribution in [-0.2, 0) is 16.4 Å². The van der Waals surface area contributed by atoms with Gasteiger partial charge >= 0.3 is 0 Å². The standard InChI is InChI=1S/C23H22N2O4S/c1-4-6-17(5-2)13-14-25-23(26)22-12-11-21(15-18(22)16-24-25)30(27,28)20-9-7-19(29-3)8-10-20/h4-12,15-16H,1-2,13-14H2,3H3/b17-6+. The van der Waals surface area contributed by atoms with Gasteiger partial charge in [-0.15, -0.1) is 0 Å². The van der Waals surface area contributed by atoms with E-state index in [0.717, 1.165) is 5.57 Å². The monoisotopic (exact) mass is 422 g/mol. The van der Waals surface area contributed by atoms with Crippen LogP contribution in [0.1, 0.15) is 6.42 Å². The third kappa shape index (κ3) is 4.26. The second-order valence-corrected chi connectivity index (χ2v) is 8.48. The van der Waals surface area contributed by atoms with Crippen LogP contribution in [0, 0.1) is 0 Å². The third-order valence-electron chi connectivity index (χ3n) is 4.71. The summed E-state index contributed by atoms with van der Waals surface area (Å²) >= 11 is 0. The topological polar surface area (TPSA) is 78.3 Å². The second kappa shape index (κ2) is 8.92. The molecule has 3 aromatic rings. The molecule has 0 atom stereocenters. The van der Waals surface area contributed by atoms with Crippen molar-refractivity contribution >= 4 is 20.6 Å². The van der Waals surface area contributed by atoms with Gasteiger partial charge in [-0.3, -0.25) is 4.79 Å². The molecule has 0 saturated heterocycles. The van der Waals surface area contributed by atoms with Gasteiger partial charge in [0.15, 0.2) is 0 Å². The Morgan fingerprint density at radius 3 is 2.47 bits per heavy atom. The molecule has 1 heterocycles. The van der Waals surface area contributed by atoms with Crippen molar-refractivity contribution in [1.29, 1.82) is 0 Å². The number of rotatable bonds is 8. The minimum atomic E-state index is -3.73. The molecule has 154 valence electrons. The van der Waals surface area contributed by atoms with Crippen molar-refractivity contribution in [3.8, 4) is 5.75 Å². The van der Waals surface area contributed by atoms with Gasteiger partial charge in [-0.1, -0.05) is 31.4 Å². The van der Waals surface area contributed by atoms with Crippen molar-refractivity contribution in [1.82, 2.24) is 9.78 Å². The molecule has 0 radical (unpaired) electrons. The Bertz CT molecular complexity index is 1290. The molecule has 0 saturated carbocycles. The summed E-state index contributed by atoms with van der Waals surface area (Å²) in [5, 5.41) is 5.07. The van der Waals surface area contributed by atoms with Crippen molar-refractivity contribution < 1.29 is 13.2 Å². The Morgan fingerprint density at radius 1 is 1.13 bits per heavy atom. The van der Waals surface area contributed by atoms with Crippen LogP contribution in [0.2, 0.25) is 0 Å². The lowest BCUT2D eigenvalue weighted by Crippen LogP contribution is -2.23. The van der Waals surface area contributed by atoms with E-state index in [4.69, 9.17) is 4.74 Å². The van der Waals surface area contributed by atoms with E-state index in [1.807, 2.05) is 6.08 Å². The molecule has 3 rings (SSSR count). The fraction of sp³-hybridized carbons (Fsp3) is 0.130. The maximum atomic E-state index is 12.9. The van der Waals surface area contributed by atoms with E-state index in [2.05, 4.69) is 18.3 Å². The predicted molar refractivity (Wildman–Crippen MR) is 118 cm³/mol. The number of benzene rings is 2. The summed E-state index contributed by atoms with van der Waals surface area (Å²) in [6, 6.07) is 10.6. The fourth-order valence-corrected chi connectivity index (χ4v) is 4.32. The van der Waals surface area contributed by atoms with Crippen molar-refractivity contribution in [3.05, 3.63) is 96.0 Å². The second-order valence-electron chi connectivity index (χ2n) is 6.53. The zero-order valence-corrected chi connectivity index (χ0v) is 17.4. The zero-order chi connectivity index (χ0) is 21.7. The van der Waals surface area contributed by atoms with Crippen molar-refractivity contribution in [2.75, 3.05) is 7.11 Å². The van der Waals surface area contributed by atoms with Gasteiger partial charge in [-0.2, -0.15) is 5.10 Å². The van der Waals surface area contributed by atoms with Crippen LogP contribution in [0.25, 0.3) is 10.8 Å². The number of fused-ring (bicyclic) bond motifs is 1. The largest absolute Gasteiger partial charge is 0.497 e. The summed E-state index contributed by atoms with van der Waals surface area (Å²) in [6.45, 7) is 7.78. The van der Waals surface area contributed by atoms with Crippen LogP contribution in [0.15, 0.2) is 100 Å². The van der Waals surface area contributed by atoms with Crippen LogP contribution in [0.5, 0.6) is 5.75 Å². The highest BCUT2D eigenvalue weighted by Crippen LogP contribution is 2.25. The highest BCUT2D eigenvalue weighted by atomic mass is 32.2. The molecular weight excluding hydrogens is 400 g/mol. The van der Waals surface area contributed by atoms with Gasteiger partial charge in [0.05, 0.1) is 28.5 Å². The summed E-state index contributed by atoms with van der Waals surface area (Å²) in [6.07, 6.45) is 7.30. The normalized spacial score (nSPS) is 12.0. The van der Waals surface area contributed by atoms with E-state index in [1.54, 1.807) is 24.3 Å². The Balaban J connectivity index is 1.95. The Kier molecular flexibility index (Phi) is 6.32. The zero-order valence-electron chi connectivity index (χ0n) is 16.6. The third-order valence-corrected chi connectivity index (χ3v) is 6.48. The molecular formula is C23H22N2O4S. The van der Waals surface area contributed by atoms with Gasteiger partial charge in [0, 0.05) is 11.9 Å². The van der Waals surface area contributed by atoms with Gasteiger partial charge < -0.3 is 4.74 Å². The Hall–Kier alpha value is -3.45. The molecule has 0 spiro atoms. The van der Waals surface area contributed by atoms with E-state index < -0.39 is 9.84 Å². The van der Waals surface area contributed by atoms with Gasteiger partial charge in [-0.05, 0) is 54.5 Å². The minimum Gasteiger partial charge on any atom is -0.497 e. The van der Waals surface area contributed by atoms with Crippen LogP contribution < -0.4 is 10.3 Å². The van der Waals surface area contributed by atoms with Gasteiger partial charge in [0.25, 0.3) is 5.56 Å². The van der Waals surface area contributed by atoms with E-state index in [1.165, 1.54) is 48.3 Å². The first-order valence-corrected chi connectivity index (χ1v) is 10.7. The molecule has 0 N–H and O–H groups in total. The summed E-state index contributed by atoms with van der Waals surface area (Å²) in [5.74, 6) is 0.569. The van der Waals surface area contributed by atoms with Crippen LogP contribution in [0.3, 0.4) is 0 Å². The number of allylic oxidation sites excluding steroid dienone is 4. The Morgan fingerprint density at radius 2 is 1.83 bits per heavy atom. The number of ether oxygens (including phenoxy) is 1. The molecule has 1 aromatic heterocycles. The van der Waals surface area contributed by atoms with Crippen molar-refractivity contribution in [2.45, 2.75) is 22.8 Å². The van der Waals surface area contributed by atoms with E-state index in [0.29, 0.717) is 29.5 Å². The fourth-order valence-electron chi connectivity index (χ4n) is 3.02. The smallest absolute Gasteiger partial charge is 0.274 e. The van der Waals surface area contributed by atoms with E-state index in [-0.39, 0.29) is 15.4 Å². The first kappa shape index (κ1) is 21.3. The molecule has 0 aliphatic rings. The lowest BCUT2D eigenvalue weighted by atomic mass is 10.1. The van der Waals surface area contributed by atoms with Crippen LogP contribution in [0.4, 0.5) is 0 Å². The summed E-state index contributed by atoms with van der Waals surface area (Å²) in [7, 11) is -2.22. The molecule has 30 heavy (non-hydrogen) atoms. The number of aromatic nitrogens is 2. The van der Waals surface area contributed by atoms with Gasteiger partial charge in [0.2, 0.25) is 9.84 Å². The Labute approximate surface area is 175 Å². The van der Waals surface area contributed by atoms with E-state index in [9.17, 15) is 13.2 Å². The number of sulfone groups is 1. The molecule has 7 heteroatoms. The van der Waals surface area contributed by atoms with Crippen molar-refractivity contribution in [2.24, 2.45) is 0 Å². The number of hydrogen-bond acceptors (Lipinski definition) is 5. The molecule has 0 amide bonds. The average Bonchev–Trinajstić information content (AvgIpc) is 2.77. The minimum absolute atomic E-state index is 0.0991. The molecule has 0 fully saturated rings. The first-order chi connectivity index (χ1) is 14.4. The number of nitrogens with zero attached hydrogens (tertiary/aromatic N) is 2. The molecule has 0 aliphatic heterocycles. The number of aryl methyl sites for hydroxylation is 1. The summed E-state index contributed by atoms with van der Waals surface area (Å²) < 4.78 is 32.3. The van der Waals surface area contributed by atoms with Gasteiger partial charge in [0.1, 0.15) is 5.75 Å². The first-order valence-electron chi connectivity index (χ1n) is 9.23. The van der Waals surface area contributed by atoms with Crippen molar-refractivity contribution in [3.63, 3.8) is 0 Å². The SMILES string of the molecule is C=C/C=C(\C=C)CCn1ncc2cc(S(=O)(=O)c3ccc(OC)cc3)ccc2c1=O. The lowest BCUT2D eigenvalue weighted by molar-refractivity contribution is 0.414. The predicted octanol–water partition coefficient (Wildman–Crippen LogP) is 3.93. The molecule has 0 aliphatic carbocycles. The summed E-state index contributed by atoms with van der Waals surface area (Å²) in [5.41, 5.74) is 0.669. The van der Waals surface area contributed by atoms with Gasteiger partial charge in [-0.25, -0.2) is 13.1 Å². The number of hydrogen-bond donors (Lipinski definition) is 0. The highest BCUT2D eigenvalue weighted by Gasteiger charge is 2.19. The molecule has 6 nitrogen and oxygen atoms in total. The van der Waals surface area contributed by atoms with Crippen LogP contribution in [-0.4, -0.2) is 25.3 Å². The van der Waals surface area contributed by atoms with E-state index >= 15 is 0 Å². The maximum Gasteiger partial charge on any atom is 0.274 e. The molecule has 2 aromatic carbocycles. The highest BCUT2D eigenvalue weighted by molar-refractivity contribution is 7.91. The maximum absolute atomic E-state index is 12.9. The molecule has 0 unspecified atom stereocenters. The quantitative estimate of drug-likeness (QED) is 0.514. The lowest BCUT2D eigenvalue weighted by Gasteiger charge is -2.09. The average molecular weight is 423 g/mol.